The Morgan fingerprint density at radius 3 is 3.05 bits per heavy atom. The van der Waals surface area contributed by atoms with Crippen LogP contribution in [0.25, 0.3) is 0 Å². The maximum atomic E-state index is 12.4. The van der Waals surface area contributed by atoms with E-state index in [1.54, 1.807) is 11.1 Å². The van der Waals surface area contributed by atoms with Crippen LogP contribution in [0.15, 0.2) is 24.4 Å². The molecule has 1 aromatic heterocycles. The minimum absolute atomic E-state index is 0.0211. The molecule has 2 fully saturated rings. The van der Waals surface area contributed by atoms with E-state index in [2.05, 4.69) is 4.98 Å². The van der Waals surface area contributed by atoms with Gasteiger partial charge in [0, 0.05) is 37.8 Å². The van der Waals surface area contributed by atoms with Gasteiger partial charge < -0.3 is 4.90 Å². The lowest BCUT2D eigenvalue weighted by Crippen LogP contribution is -2.46. The predicted octanol–water partition coefficient (Wildman–Crippen LogP) is 1.03. The van der Waals surface area contributed by atoms with Gasteiger partial charge in [-0.2, -0.15) is 0 Å². The first-order valence-corrected chi connectivity index (χ1v) is 7.86. The van der Waals surface area contributed by atoms with Gasteiger partial charge in [-0.1, -0.05) is 6.07 Å². The second kappa shape index (κ2) is 6.87. The van der Waals surface area contributed by atoms with Gasteiger partial charge >= 0.3 is 0 Å². The molecule has 6 nitrogen and oxygen atoms in total. The lowest BCUT2D eigenvalue weighted by atomic mass is 9.96. The first kappa shape index (κ1) is 15.0. The zero-order chi connectivity index (χ0) is 15.4. The highest BCUT2D eigenvalue weighted by Crippen LogP contribution is 2.21. The maximum Gasteiger partial charge on any atom is 0.251 e. The van der Waals surface area contributed by atoms with Crippen LogP contribution in [0.3, 0.4) is 0 Å². The minimum atomic E-state index is -0.139. The SMILES string of the molecule is O=C1CC[C@H](C(=O)N2CCCO2)CN1CCc1ccccn1. The molecule has 0 radical (unpaired) electrons. The third-order valence-electron chi connectivity index (χ3n) is 4.21. The van der Waals surface area contributed by atoms with E-state index < -0.39 is 0 Å². The molecule has 0 spiro atoms. The van der Waals surface area contributed by atoms with Crippen molar-refractivity contribution in [3.8, 4) is 0 Å². The van der Waals surface area contributed by atoms with Crippen molar-refractivity contribution in [1.29, 1.82) is 0 Å². The summed E-state index contributed by atoms with van der Waals surface area (Å²) in [5.74, 6) is 0.00897. The number of hydroxylamine groups is 2. The molecule has 1 atom stereocenters. The average molecular weight is 303 g/mol. The summed E-state index contributed by atoms with van der Waals surface area (Å²) in [6.07, 6.45) is 4.42. The van der Waals surface area contributed by atoms with Crippen molar-refractivity contribution in [1.82, 2.24) is 14.9 Å². The van der Waals surface area contributed by atoms with Crippen molar-refractivity contribution in [2.24, 2.45) is 5.92 Å². The van der Waals surface area contributed by atoms with E-state index in [0.717, 1.165) is 12.1 Å². The van der Waals surface area contributed by atoms with Crippen molar-refractivity contribution in [2.45, 2.75) is 25.7 Å². The number of likely N-dealkylation sites (tertiary alicyclic amines) is 1. The number of piperidine rings is 1. The second-order valence-electron chi connectivity index (χ2n) is 5.77. The molecule has 22 heavy (non-hydrogen) atoms. The molecule has 0 saturated carbocycles. The van der Waals surface area contributed by atoms with Gasteiger partial charge in [0.1, 0.15) is 0 Å². The molecule has 0 aliphatic carbocycles. The van der Waals surface area contributed by atoms with Gasteiger partial charge in [-0.3, -0.25) is 19.4 Å². The molecule has 118 valence electrons. The largest absolute Gasteiger partial charge is 0.342 e. The van der Waals surface area contributed by atoms with Crippen LogP contribution in [-0.4, -0.2) is 53.0 Å². The van der Waals surface area contributed by atoms with Crippen LogP contribution in [0.4, 0.5) is 0 Å². The Morgan fingerprint density at radius 2 is 2.32 bits per heavy atom. The number of carbonyl (C=O) groups excluding carboxylic acids is 2. The number of rotatable bonds is 4. The molecular formula is C16H21N3O3. The second-order valence-corrected chi connectivity index (χ2v) is 5.77. The van der Waals surface area contributed by atoms with E-state index in [9.17, 15) is 9.59 Å². The fourth-order valence-electron chi connectivity index (χ4n) is 2.95. The molecule has 0 N–H and O–H groups in total. The standard InChI is InChI=1S/C16H21N3O3/c20-15-6-5-13(16(21)19-9-3-11-22-19)12-18(15)10-7-14-4-1-2-8-17-14/h1-2,4,8,13H,3,5-7,9-12H2/t13-/m0/s1. The first-order valence-electron chi connectivity index (χ1n) is 7.86. The lowest BCUT2D eigenvalue weighted by Gasteiger charge is -2.33. The quantitative estimate of drug-likeness (QED) is 0.833. The summed E-state index contributed by atoms with van der Waals surface area (Å²) in [7, 11) is 0. The van der Waals surface area contributed by atoms with E-state index in [-0.39, 0.29) is 17.7 Å². The van der Waals surface area contributed by atoms with Crippen molar-refractivity contribution >= 4 is 11.8 Å². The molecular weight excluding hydrogens is 282 g/mol. The maximum absolute atomic E-state index is 12.4. The Labute approximate surface area is 130 Å². The highest BCUT2D eigenvalue weighted by atomic mass is 16.7. The first-order chi connectivity index (χ1) is 10.7. The Hall–Kier alpha value is -1.95. The molecule has 2 amide bonds. The van der Waals surface area contributed by atoms with E-state index in [1.165, 1.54) is 5.06 Å². The van der Waals surface area contributed by atoms with Gasteiger partial charge in [-0.25, -0.2) is 5.06 Å². The summed E-state index contributed by atoms with van der Waals surface area (Å²) in [4.78, 5) is 35.8. The molecule has 0 unspecified atom stereocenters. The van der Waals surface area contributed by atoms with Crippen LogP contribution in [-0.2, 0) is 20.8 Å². The predicted molar refractivity (Wildman–Crippen MR) is 79.5 cm³/mol. The smallest absolute Gasteiger partial charge is 0.251 e. The van der Waals surface area contributed by atoms with Gasteiger partial charge in [0.25, 0.3) is 5.91 Å². The average Bonchev–Trinajstić information content (AvgIpc) is 3.09. The number of aromatic nitrogens is 1. The monoisotopic (exact) mass is 303 g/mol. The van der Waals surface area contributed by atoms with Crippen LogP contribution in [0.1, 0.15) is 25.0 Å². The van der Waals surface area contributed by atoms with Gasteiger partial charge in [0.15, 0.2) is 0 Å². The van der Waals surface area contributed by atoms with Crippen molar-refractivity contribution in [3.63, 3.8) is 0 Å². The van der Waals surface area contributed by atoms with Gasteiger partial charge in [-0.15, -0.1) is 0 Å². The fourth-order valence-corrected chi connectivity index (χ4v) is 2.95. The number of pyridine rings is 1. The van der Waals surface area contributed by atoms with Crippen molar-refractivity contribution < 1.29 is 14.4 Å². The topological polar surface area (TPSA) is 62.7 Å². The van der Waals surface area contributed by atoms with E-state index >= 15 is 0 Å². The Kier molecular flexibility index (Phi) is 4.68. The molecule has 3 rings (SSSR count). The molecule has 6 heteroatoms. The zero-order valence-corrected chi connectivity index (χ0v) is 12.6. The lowest BCUT2D eigenvalue weighted by molar-refractivity contribution is -0.175. The summed E-state index contributed by atoms with van der Waals surface area (Å²) < 4.78 is 0. The molecule has 3 heterocycles. The highest BCUT2D eigenvalue weighted by molar-refractivity contribution is 5.83. The van der Waals surface area contributed by atoms with Crippen molar-refractivity contribution in [3.05, 3.63) is 30.1 Å². The van der Waals surface area contributed by atoms with Gasteiger partial charge in [0.2, 0.25) is 5.91 Å². The summed E-state index contributed by atoms with van der Waals surface area (Å²) in [6, 6.07) is 5.77. The highest BCUT2D eigenvalue weighted by Gasteiger charge is 2.34. The van der Waals surface area contributed by atoms with Gasteiger partial charge in [-0.05, 0) is 25.0 Å². The number of hydrogen-bond acceptors (Lipinski definition) is 4. The van der Waals surface area contributed by atoms with E-state index in [4.69, 9.17) is 4.84 Å². The molecule has 2 aliphatic rings. The van der Waals surface area contributed by atoms with Crippen LogP contribution < -0.4 is 0 Å². The molecule has 2 aliphatic heterocycles. The Balaban J connectivity index is 1.56. The molecule has 0 bridgehead atoms. The minimum Gasteiger partial charge on any atom is -0.342 e. The van der Waals surface area contributed by atoms with Gasteiger partial charge in [0.05, 0.1) is 19.1 Å². The molecule has 1 aromatic rings. The fraction of sp³-hybridized carbons (Fsp3) is 0.562. The van der Waals surface area contributed by atoms with Crippen LogP contribution in [0, 0.1) is 5.92 Å². The zero-order valence-electron chi connectivity index (χ0n) is 12.6. The van der Waals surface area contributed by atoms with Crippen molar-refractivity contribution in [2.75, 3.05) is 26.2 Å². The molecule has 2 saturated heterocycles. The van der Waals surface area contributed by atoms with E-state index in [0.29, 0.717) is 45.5 Å². The third-order valence-corrected chi connectivity index (χ3v) is 4.21. The summed E-state index contributed by atoms with van der Waals surface area (Å²) in [5.41, 5.74) is 0.964. The molecule has 0 aromatic carbocycles. The Morgan fingerprint density at radius 1 is 1.41 bits per heavy atom. The number of nitrogens with zero attached hydrogens (tertiary/aromatic N) is 3. The van der Waals surface area contributed by atoms with Crippen LogP contribution >= 0.6 is 0 Å². The van der Waals surface area contributed by atoms with E-state index in [1.807, 2.05) is 18.2 Å². The summed E-state index contributed by atoms with van der Waals surface area (Å²) in [5, 5.41) is 1.47. The Bertz CT molecular complexity index is 529. The third kappa shape index (κ3) is 3.44. The van der Waals surface area contributed by atoms with Crippen LogP contribution in [0.2, 0.25) is 0 Å². The number of hydrogen-bond donors (Lipinski definition) is 0. The number of carbonyl (C=O) groups is 2. The summed E-state index contributed by atoms with van der Waals surface area (Å²) in [6.45, 7) is 2.38. The normalized spacial score (nSPS) is 22.2. The number of amides is 2. The van der Waals surface area contributed by atoms with Crippen LogP contribution in [0.5, 0.6) is 0 Å². The summed E-state index contributed by atoms with van der Waals surface area (Å²) >= 11 is 0.